The molecular weight excluding hydrogens is 340 g/mol. The molecule has 1 heterocycles. The fourth-order valence-electron chi connectivity index (χ4n) is 2.71. The molecule has 0 bridgehead atoms. The first-order chi connectivity index (χ1) is 12.1. The molecular formula is C19H21ClN2O3. The number of hydrogen-bond acceptors (Lipinski definition) is 4. The van der Waals surface area contributed by atoms with E-state index in [0.717, 1.165) is 34.1 Å². The maximum absolute atomic E-state index is 12.1. The third kappa shape index (κ3) is 5.11. The van der Waals surface area contributed by atoms with Crippen LogP contribution in [0.1, 0.15) is 11.1 Å². The first-order valence-electron chi connectivity index (χ1n) is 8.18. The molecule has 5 nitrogen and oxygen atoms in total. The highest BCUT2D eigenvalue weighted by atomic mass is 35.5. The molecule has 0 saturated carbocycles. The molecule has 0 unspecified atom stereocenters. The number of likely N-dealkylation sites (N-methyl/N-ethyl adjacent to an activating group) is 1. The van der Waals surface area contributed by atoms with Gasteiger partial charge >= 0.3 is 0 Å². The summed E-state index contributed by atoms with van der Waals surface area (Å²) >= 11 is 5.86. The molecule has 0 radical (unpaired) electrons. The van der Waals surface area contributed by atoms with E-state index in [9.17, 15) is 4.79 Å². The molecule has 0 fully saturated rings. The van der Waals surface area contributed by atoms with Crippen LogP contribution in [0.3, 0.4) is 0 Å². The smallest absolute Gasteiger partial charge is 0.234 e. The van der Waals surface area contributed by atoms with Crippen LogP contribution in [0.4, 0.5) is 0 Å². The third-order valence-electron chi connectivity index (χ3n) is 3.95. The fraction of sp³-hybridized carbons (Fsp3) is 0.316. The summed E-state index contributed by atoms with van der Waals surface area (Å²) in [6.45, 7) is 1.89. The van der Waals surface area contributed by atoms with Gasteiger partial charge in [-0.1, -0.05) is 29.8 Å². The van der Waals surface area contributed by atoms with Crippen molar-refractivity contribution in [2.24, 2.45) is 0 Å². The molecule has 0 aliphatic carbocycles. The van der Waals surface area contributed by atoms with E-state index < -0.39 is 0 Å². The number of nitrogens with zero attached hydrogens (tertiary/aromatic N) is 1. The van der Waals surface area contributed by atoms with Crippen LogP contribution in [0, 0.1) is 0 Å². The Labute approximate surface area is 152 Å². The van der Waals surface area contributed by atoms with Gasteiger partial charge in [0.2, 0.25) is 12.7 Å². The standard InChI is InChI=1S/C19H21ClN2O3/c1-22(11-15-4-7-17-18(10-15)25-13-24-17)12-19(23)21-9-8-14-2-5-16(20)6-3-14/h2-7,10H,8-9,11-13H2,1H3,(H,21,23). The van der Waals surface area contributed by atoms with Gasteiger partial charge in [-0.3, -0.25) is 9.69 Å². The van der Waals surface area contributed by atoms with Gasteiger partial charge in [-0.2, -0.15) is 0 Å². The monoisotopic (exact) mass is 360 g/mol. The number of nitrogens with one attached hydrogen (secondary N) is 1. The van der Waals surface area contributed by atoms with Crippen LogP contribution in [-0.4, -0.2) is 37.7 Å². The Morgan fingerprint density at radius 1 is 1.12 bits per heavy atom. The van der Waals surface area contributed by atoms with E-state index in [2.05, 4.69) is 5.32 Å². The minimum absolute atomic E-state index is 0.0113. The Morgan fingerprint density at radius 2 is 1.84 bits per heavy atom. The molecule has 1 aliphatic rings. The fourth-order valence-corrected chi connectivity index (χ4v) is 2.83. The van der Waals surface area contributed by atoms with Crippen molar-refractivity contribution in [2.45, 2.75) is 13.0 Å². The van der Waals surface area contributed by atoms with E-state index in [1.54, 1.807) is 0 Å². The van der Waals surface area contributed by atoms with Gasteiger partial charge in [0.05, 0.1) is 6.54 Å². The zero-order valence-electron chi connectivity index (χ0n) is 14.1. The number of amides is 1. The Kier molecular flexibility index (Phi) is 5.79. The predicted octanol–water partition coefficient (Wildman–Crippen LogP) is 2.86. The highest BCUT2D eigenvalue weighted by molar-refractivity contribution is 6.30. The Hall–Kier alpha value is -2.24. The minimum Gasteiger partial charge on any atom is -0.454 e. The lowest BCUT2D eigenvalue weighted by Crippen LogP contribution is -2.35. The number of carbonyl (C=O) groups is 1. The van der Waals surface area contributed by atoms with E-state index in [0.29, 0.717) is 19.6 Å². The van der Waals surface area contributed by atoms with Crippen molar-refractivity contribution in [3.63, 3.8) is 0 Å². The number of ether oxygens (including phenoxy) is 2. The Balaban J connectivity index is 1.40. The lowest BCUT2D eigenvalue weighted by atomic mass is 10.1. The van der Waals surface area contributed by atoms with Crippen LogP contribution < -0.4 is 14.8 Å². The molecule has 132 valence electrons. The number of rotatable bonds is 7. The Bertz CT molecular complexity index is 734. The maximum Gasteiger partial charge on any atom is 0.234 e. The van der Waals surface area contributed by atoms with E-state index in [-0.39, 0.29) is 12.7 Å². The molecule has 1 amide bonds. The van der Waals surface area contributed by atoms with E-state index in [4.69, 9.17) is 21.1 Å². The average molecular weight is 361 g/mol. The predicted molar refractivity (Wildman–Crippen MR) is 97.1 cm³/mol. The normalized spacial score (nSPS) is 12.4. The molecule has 2 aromatic carbocycles. The maximum atomic E-state index is 12.1. The van der Waals surface area contributed by atoms with Crippen molar-refractivity contribution in [3.8, 4) is 11.5 Å². The van der Waals surface area contributed by atoms with Gasteiger partial charge in [-0.05, 0) is 48.9 Å². The van der Waals surface area contributed by atoms with Crippen molar-refractivity contribution < 1.29 is 14.3 Å². The molecule has 2 aromatic rings. The van der Waals surface area contributed by atoms with Crippen LogP contribution in [-0.2, 0) is 17.8 Å². The van der Waals surface area contributed by atoms with Gasteiger partial charge in [-0.15, -0.1) is 0 Å². The van der Waals surface area contributed by atoms with Crippen LogP contribution in [0.5, 0.6) is 11.5 Å². The summed E-state index contributed by atoms with van der Waals surface area (Å²) in [6, 6.07) is 13.5. The largest absolute Gasteiger partial charge is 0.454 e. The summed E-state index contributed by atoms with van der Waals surface area (Å²) in [6.07, 6.45) is 0.786. The molecule has 3 rings (SSSR count). The van der Waals surface area contributed by atoms with Gasteiger partial charge in [0, 0.05) is 18.1 Å². The number of fused-ring (bicyclic) bond motifs is 1. The molecule has 6 heteroatoms. The van der Waals surface area contributed by atoms with Gasteiger partial charge in [-0.25, -0.2) is 0 Å². The third-order valence-corrected chi connectivity index (χ3v) is 4.20. The lowest BCUT2D eigenvalue weighted by Gasteiger charge is -2.16. The minimum atomic E-state index is 0.0113. The summed E-state index contributed by atoms with van der Waals surface area (Å²) in [5, 5.41) is 3.67. The van der Waals surface area contributed by atoms with E-state index in [1.807, 2.05) is 54.4 Å². The van der Waals surface area contributed by atoms with Gasteiger partial charge in [0.1, 0.15) is 0 Å². The van der Waals surface area contributed by atoms with Crippen molar-refractivity contribution >= 4 is 17.5 Å². The second-order valence-electron chi connectivity index (χ2n) is 6.09. The molecule has 0 atom stereocenters. The van der Waals surface area contributed by atoms with E-state index >= 15 is 0 Å². The highest BCUT2D eigenvalue weighted by Gasteiger charge is 2.14. The lowest BCUT2D eigenvalue weighted by molar-refractivity contribution is -0.122. The molecule has 1 aliphatic heterocycles. The molecule has 0 saturated heterocycles. The van der Waals surface area contributed by atoms with Crippen LogP contribution >= 0.6 is 11.6 Å². The summed E-state index contributed by atoms with van der Waals surface area (Å²) in [7, 11) is 1.92. The summed E-state index contributed by atoms with van der Waals surface area (Å²) < 4.78 is 10.7. The summed E-state index contributed by atoms with van der Waals surface area (Å²) in [5.74, 6) is 1.54. The van der Waals surface area contributed by atoms with Crippen LogP contribution in [0.2, 0.25) is 5.02 Å². The zero-order valence-corrected chi connectivity index (χ0v) is 14.9. The quantitative estimate of drug-likeness (QED) is 0.825. The first-order valence-corrected chi connectivity index (χ1v) is 8.56. The SMILES string of the molecule is CN(CC(=O)NCCc1ccc(Cl)cc1)Cc1ccc2c(c1)OCO2. The number of hydrogen-bond donors (Lipinski definition) is 1. The Morgan fingerprint density at radius 3 is 2.64 bits per heavy atom. The second-order valence-corrected chi connectivity index (χ2v) is 6.52. The van der Waals surface area contributed by atoms with Crippen molar-refractivity contribution in [2.75, 3.05) is 26.9 Å². The first kappa shape index (κ1) is 17.6. The summed E-state index contributed by atoms with van der Waals surface area (Å²) in [4.78, 5) is 14.0. The van der Waals surface area contributed by atoms with Gasteiger partial charge in [0.15, 0.2) is 11.5 Å². The van der Waals surface area contributed by atoms with Gasteiger partial charge < -0.3 is 14.8 Å². The van der Waals surface area contributed by atoms with Crippen LogP contribution in [0.25, 0.3) is 0 Å². The van der Waals surface area contributed by atoms with Crippen molar-refractivity contribution in [1.29, 1.82) is 0 Å². The number of halogens is 1. The average Bonchev–Trinajstić information content (AvgIpc) is 3.04. The highest BCUT2D eigenvalue weighted by Crippen LogP contribution is 2.32. The molecule has 0 aromatic heterocycles. The molecule has 1 N–H and O–H groups in total. The molecule has 25 heavy (non-hydrogen) atoms. The van der Waals surface area contributed by atoms with Gasteiger partial charge in [0.25, 0.3) is 0 Å². The topological polar surface area (TPSA) is 50.8 Å². The van der Waals surface area contributed by atoms with Crippen molar-refractivity contribution in [3.05, 3.63) is 58.6 Å². The number of benzene rings is 2. The zero-order chi connectivity index (χ0) is 17.6. The van der Waals surface area contributed by atoms with Crippen LogP contribution in [0.15, 0.2) is 42.5 Å². The van der Waals surface area contributed by atoms with E-state index in [1.165, 1.54) is 0 Å². The van der Waals surface area contributed by atoms with Crippen molar-refractivity contribution in [1.82, 2.24) is 10.2 Å². The summed E-state index contributed by atoms with van der Waals surface area (Å²) in [5.41, 5.74) is 2.24. The molecule has 0 spiro atoms. The second kappa shape index (κ2) is 8.23. The number of carbonyl (C=O) groups excluding carboxylic acids is 1.